The second kappa shape index (κ2) is 9.67. The van der Waals surface area contributed by atoms with Crippen LogP contribution in [0.1, 0.15) is 32.6 Å². The Balaban J connectivity index is 1.31. The SMILES string of the molecule is CC(=O)C1CCC(OCCOc2ccc(-c3cc(=O)c4cccc(Cl)c4o3)cc2)CC1. The lowest BCUT2D eigenvalue weighted by atomic mass is 9.85. The zero-order valence-electron chi connectivity index (χ0n) is 17.4. The van der Waals surface area contributed by atoms with E-state index in [4.69, 9.17) is 25.5 Å². The Bertz CT molecular complexity index is 1110. The van der Waals surface area contributed by atoms with Gasteiger partial charge >= 0.3 is 0 Å². The summed E-state index contributed by atoms with van der Waals surface area (Å²) in [5, 5.41) is 0.872. The van der Waals surface area contributed by atoms with Crippen molar-refractivity contribution in [1.82, 2.24) is 0 Å². The first-order valence-corrected chi connectivity index (χ1v) is 11.0. The van der Waals surface area contributed by atoms with Crippen LogP contribution in [-0.4, -0.2) is 25.1 Å². The monoisotopic (exact) mass is 440 g/mol. The van der Waals surface area contributed by atoms with E-state index in [-0.39, 0.29) is 23.2 Å². The smallest absolute Gasteiger partial charge is 0.193 e. The molecule has 1 heterocycles. The number of halogens is 1. The van der Waals surface area contributed by atoms with Gasteiger partial charge in [-0.2, -0.15) is 0 Å². The number of hydrogen-bond acceptors (Lipinski definition) is 5. The van der Waals surface area contributed by atoms with Crippen LogP contribution in [0.3, 0.4) is 0 Å². The van der Waals surface area contributed by atoms with E-state index in [2.05, 4.69) is 0 Å². The molecular weight excluding hydrogens is 416 g/mol. The molecule has 0 atom stereocenters. The number of ketones is 1. The molecule has 0 aliphatic heterocycles. The highest BCUT2D eigenvalue weighted by atomic mass is 35.5. The third-order valence-corrected chi connectivity index (χ3v) is 6.10. The van der Waals surface area contributed by atoms with Gasteiger partial charge in [-0.15, -0.1) is 0 Å². The van der Waals surface area contributed by atoms with Crippen molar-refractivity contribution in [3.8, 4) is 17.1 Å². The van der Waals surface area contributed by atoms with E-state index in [0.29, 0.717) is 40.7 Å². The van der Waals surface area contributed by atoms with E-state index >= 15 is 0 Å². The molecule has 31 heavy (non-hydrogen) atoms. The second-order valence-electron chi connectivity index (χ2n) is 7.92. The molecule has 1 aliphatic carbocycles. The number of fused-ring (bicyclic) bond motifs is 1. The third kappa shape index (κ3) is 5.17. The lowest BCUT2D eigenvalue weighted by molar-refractivity contribution is -0.122. The number of carbonyl (C=O) groups excluding carboxylic acids is 1. The van der Waals surface area contributed by atoms with Crippen molar-refractivity contribution < 1.29 is 18.7 Å². The first-order valence-electron chi connectivity index (χ1n) is 10.6. The maximum Gasteiger partial charge on any atom is 0.193 e. The summed E-state index contributed by atoms with van der Waals surface area (Å²) in [6.07, 6.45) is 3.90. The molecule has 0 N–H and O–H groups in total. The largest absolute Gasteiger partial charge is 0.491 e. The van der Waals surface area contributed by atoms with Gasteiger partial charge in [-0.25, -0.2) is 0 Å². The Hall–Kier alpha value is -2.63. The molecule has 1 fully saturated rings. The number of rotatable bonds is 7. The van der Waals surface area contributed by atoms with Crippen LogP contribution in [-0.2, 0) is 9.53 Å². The number of Topliss-reactive ketones (excluding diaryl/α,β-unsaturated/α-hetero) is 1. The van der Waals surface area contributed by atoms with Crippen molar-refractivity contribution in [3.05, 3.63) is 63.8 Å². The molecule has 0 spiro atoms. The van der Waals surface area contributed by atoms with Crippen LogP contribution in [0.5, 0.6) is 5.75 Å². The minimum Gasteiger partial charge on any atom is -0.491 e. The summed E-state index contributed by atoms with van der Waals surface area (Å²) in [5.41, 5.74) is 1.03. The average molecular weight is 441 g/mol. The second-order valence-corrected chi connectivity index (χ2v) is 8.33. The lowest BCUT2D eigenvalue weighted by Gasteiger charge is -2.27. The molecule has 0 amide bonds. The van der Waals surface area contributed by atoms with Crippen molar-refractivity contribution in [2.75, 3.05) is 13.2 Å². The standard InChI is InChI=1S/C25H25ClO5/c1-16(27)17-5-9-19(10-6-17)29-13-14-30-20-11-7-18(8-12-20)24-15-23(28)21-3-2-4-22(26)25(21)31-24/h2-4,7-8,11-12,15,17,19H,5-6,9-10,13-14H2,1H3. The van der Waals surface area contributed by atoms with Crippen molar-refractivity contribution in [3.63, 3.8) is 0 Å². The topological polar surface area (TPSA) is 65.7 Å². The molecule has 0 radical (unpaired) electrons. The highest BCUT2D eigenvalue weighted by molar-refractivity contribution is 6.34. The van der Waals surface area contributed by atoms with Crippen molar-refractivity contribution in [1.29, 1.82) is 0 Å². The van der Waals surface area contributed by atoms with E-state index in [9.17, 15) is 9.59 Å². The molecule has 1 saturated carbocycles. The van der Waals surface area contributed by atoms with E-state index in [1.807, 2.05) is 24.3 Å². The zero-order valence-corrected chi connectivity index (χ0v) is 18.2. The maximum absolute atomic E-state index is 12.4. The van der Waals surface area contributed by atoms with Gasteiger partial charge in [0.05, 0.1) is 23.1 Å². The highest BCUT2D eigenvalue weighted by Gasteiger charge is 2.24. The Kier molecular flexibility index (Phi) is 6.73. The van der Waals surface area contributed by atoms with E-state index in [1.54, 1.807) is 25.1 Å². The van der Waals surface area contributed by atoms with Crippen LogP contribution in [0.25, 0.3) is 22.3 Å². The summed E-state index contributed by atoms with van der Waals surface area (Å²) in [7, 11) is 0. The van der Waals surface area contributed by atoms with Crippen LogP contribution in [0.2, 0.25) is 5.02 Å². The summed E-state index contributed by atoms with van der Waals surface area (Å²) in [6.45, 7) is 2.63. The summed E-state index contributed by atoms with van der Waals surface area (Å²) in [6, 6.07) is 14.0. The fraction of sp³-hybridized carbons (Fsp3) is 0.360. The summed E-state index contributed by atoms with van der Waals surface area (Å²) >= 11 is 6.18. The molecule has 1 aliphatic rings. The van der Waals surface area contributed by atoms with E-state index in [1.165, 1.54) is 6.07 Å². The van der Waals surface area contributed by atoms with Gasteiger partial charge in [0, 0.05) is 17.5 Å². The molecule has 162 valence electrons. The van der Waals surface area contributed by atoms with E-state index in [0.717, 1.165) is 31.2 Å². The number of carbonyl (C=O) groups is 1. The fourth-order valence-corrected chi connectivity index (χ4v) is 4.22. The predicted molar refractivity (Wildman–Crippen MR) is 121 cm³/mol. The Morgan fingerprint density at radius 3 is 2.52 bits per heavy atom. The Morgan fingerprint density at radius 1 is 1.06 bits per heavy atom. The number of ether oxygens (including phenoxy) is 2. The third-order valence-electron chi connectivity index (χ3n) is 5.80. The molecule has 5 nitrogen and oxygen atoms in total. The quantitative estimate of drug-likeness (QED) is 0.444. The predicted octanol–water partition coefficient (Wildman–Crippen LogP) is 5.66. The maximum atomic E-state index is 12.4. The van der Waals surface area contributed by atoms with Crippen LogP contribution in [0.4, 0.5) is 0 Å². The van der Waals surface area contributed by atoms with Gasteiger partial charge in [0.2, 0.25) is 0 Å². The van der Waals surface area contributed by atoms with Gasteiger partial charge < -0.3 is 13.9 Å². The van der Waals surface area contributed by atoms with Crippen molar-refractivity contribution in [2.45, 2.75) is 38.7 Å². The molecule has 0 bridgehead atoms. The minimum absolute atomic E-state index is 0.131. The first kappa shape index (κ1) is 21.6. The summed E-state index contributed by atoms with van der Waals surface area (Å²) in [5.74, 6) is 1.67. The molecule has 1 aromatic heterocycles. The average Bonchev–Trinajstić information content (AvgIpc) is 2.78. The summed E-state index contributed by atoms with van der Waals surface area (Å²) < 4.78 is 17.5. The zero-order chi connectivity index (χ0) is 21.8. The van der Waals surface area contributed by atoms with Gasteiger partial charge in [0.15, 0.2) is 11.0 Å². The number of hydrogen-bond donors (Lipinski definition) is 0. The Labute approximate surface area is 185 Å². The molecular formula is C25H25ClO5. The molecule has 0 unspecified atom stereocenters. The van der Waals surface area contributed by atoms with Crippen LogP contribution in [0, 0.1) is 5.92 Å². The first-order chi connectivity index (χ1) is 15.0. The van der Waals surface area contributed by atoms with Gasteiger partial charge in [-0.05, 0) is 69.0 Å². The molecule has 6 heteroatoms. The lowest BCUT2D eigenvalue weighted by Crippen LogP contribution is -2.26. The molecule has 0 saturated heterocycles. The summed E-state index contributed by atoms with van der Waals surface area (Å²) in [4.78, 5) is 23.8. The van der Waals surface area contributed by atoms with Gasteiger partial charge in [-0.1, -0.05) is 17.7 Å². The number of benzene rings is 2. The normalized spacial score (nSPS) is 18.8. The van der Waals surface area contributed by atoms with Crippen LogP contribution >= 0.6 is 11.6 Å². The Morgan fingerprint density at radius 2 is 1.81 bits per heavy atom. The van der Waals surface area contributed by atoms with Gasteiger partial charge in [0.25, 0.3) is 0 Å². The van der Waals surface area contributed by atoms with Gasteiger partial charge in [0.1, 0.15) is 23.9 Å². The van der Waals surface area contributed by atoms with E-state index < -0.39 is 0 Å². The van der Waals surface area contributed by atoms with Crippen LogP contribution in [0.15, 0.2) is 57.7 Å². The molecule has 4 rings (SSSR count). The van der Waals surface area contributed by atoms with Crippen molar-refractivity contribution in [2.24, 2.45) is 5.92 Å². The highest BCUT2D eigenvalue weighted by Crippen LogP contribution is 2.28. The molecule has 3 aromatic rings. The minimum atomic E-state index is -0.131. The number of para-hydroxylation sites is 1. The fourth-order valence-electron chi connectivity index (χ4n) is 4.01. The van der Waals surface area contributed by atoms with Crippen LogP contribution < -0.4 is 10.2 Å². The van der Waals surface area contributed by atoms with Crippen molar-refractivity contribution >= 4 is 28.4 Å². The van der Waals surface area contributed by atoms with Gasteiger partial charge in [-0.3, -0.25) is 9.59 Å². The molecule has 2 aromatic carbocycles.